The maximum absolute atomic E-state index is 8.67. The Kier molecular flexibility index (Phi) is 5.81. The topological polar surface area (TPSA) is 20.2 Å². The monoisotopic (exact) mass is 308 g/mol. The second kappa shape index (κ2) is 7.62. The van der Waals surface area contributed by atoms with E-state index in [9.17, 15) is 0 Å². The van der Waals surface area contributed by atoms with Crippen molar-refractivity contribution in [2.75, 3.05) is 6.61 Å². The van der Waals surface area contributed by atoms with Crippen molar-refractivity contribution >= 4 is 34.7 Å². The van der Waals surface area contributed by atoms with E-state index in [1.165, 1.54) is 9.77 Å². The molecular formula is C15H13ClOS2. The molecule has 0 aliphatic heterocycles. The van der Waals surface area contributed by atoms with Gasteiger partial charge in [0.15, 0.2) is 0 Å². The van der Waals surface area contributed by atoms with Crippen LogP contribution in [0.3, 0.4) is 0 Å². The summed E-state index contributed by atoms with van der Waals surface area (Å²) in [7, 11) is 0. The summed E-state index contributed by atoms with van der Waals surface area (Å²) < 4.78 is 0. The van der Waals surface area contributed by atoms with Crippen molar-refractivity contribution in [1.29, 1.82) is 0 Å². The molecule has 19 heavy (non-hydrogen) atoms. The molecule has 0 saturated carbocycles. The second-order valence-corrected chi connectivity index (χ2v) is 6.30. The number of rotatable bonds is 4. The van der Waals surface area contributed by atoms with Gasteiger partial charge >= 0.3 is 0 Å². The van der Waals surface area contributed by atoms with Gasteiger partial charge in [0.05, 0.1) is 6.61 Å². The zero-order chi connectivity index (χ0) is 13.5. The zero-order valence-electron chi connectivity index (χ0n) is 10.2. The fourth-order valence-electron chi connectivity index (χ4n) is 1.45. The van der Waals surface area contributed by atoms with Crippen LogP contribution in [0.25, 0.3) is 0 Å². The first-order valence-corrected chi connectivity index (χ1v) is 8.08. The summed E-state index contributed by atoms with van der Waals surface area (Å²) in [6.07, 6.45) is 0.530. The lowest BCUT2D eigenvalue weighted by Gasteiger charge is -1.99. The standard InChI is InChI=1S/C15H13ClOS2/c16-13-5-3-6-14(9-13)19-11-15-8-12(10-18-15)4-1-2-7-17/h3,5-6,8-10,17H,2,7,11H2. The highest BCUT2D eigenvalue weighted by atomic mass is 35.5. The third-order valence-electron chi connectivity index (χ3n) is 2.30. The van der Waals surface area contributed by atoms with Crippen LogP contribution in [0.5, 0.6) is 0 Å². The van der Waals surface area contributed by atoms with Gasteiger partial charge in [-0.25, -0.2) is 0 Å². The third-order valence-corrected chi connectivity index (χ3v) is 4.70. The number of hydrogen-bond donors (Lipinski definition) is 1. The van der Waals surface area contributed by atoms with Crippen molar-refractivity contribution < 1.29 is 5.11 Å². The van der Waals surface area contributed by atoms with Crippen LogP contribution < -0.4 is 0 Å². The van der Waals surface area contributed by atoms with Crippen molar-refractivity contribution in [3.8, 4) is 11.8 Å². The number of aliphatic hydroxyl groups is 1. The van der Waals surface area contributed by atoms with Gasteiger partial charge in [-0.05, 0) is 24.3 Å². The van der Waals surface area contributed by atoms with Crippen molar-refractivity contribution in [3.05, 3.63) is 51.2 Å². The smallest absolute Gasteiger partial charge is 0.0540 e. The molecule has 1 N–H and O–H groups in total. The Morgan fingerprint density at radius 2 is 2.21 bits per heavy atom. The molecule has 1 heterocycles. The van der Waals surface area contributed by atoms with Crippen LogP contribution in [-0.2, 0) is 5.75 Å². The average molecular weight is 309 g/mol. The van der Waals surface area contributed by atoms with E-state index in [0.29, 0.717) is 6.42 Å². The summed E-state index contributed by atoms with van der Waals surface area (Å²) >= 11 is 9.43. The van der Waals surface area contributed by atoms with Gasteiger partial charge in [-0.3, -0.25) is 0 Å². The Morgan fingerprint density at radius 3 is 3.00 bits per heavy atom. The minimum atomic E-state index is 0.120. The van der Waals surface area contributed by atoms with Gasteiger partial charge < -0.3 is 5.11 Å². The van der Waals surface area contributed by atoms with Gasteiger partial charge in [-0.2, -0.15) is 0 Å². The van der Waals surface area contributed by atoms with Crippen LogP contribution in [0.1, 0.15) is 16.9 Å². The summed E-state index contributed by atoms with van der Waals surface area (Å²) in [4.78, 5) is 2.46. The number of benzene rings is 1. The molecule has 0 radical (unpaired) electrons. The summed E-state index contributed by atoms with van der Waals surface area (Å²) in [5.41, 5.74) is 1.03. The minimum absolute atomic E-state index is 0.120. The van der Waals surface area contributed by atoms with E-state index < -0.39 is 0 Å². The van der Waals surface area contributed by atoms with Crippen molar-refractivity contribution in [2.45, 2.75) is 17.1 Å². The molecule has 0 atom stereocenters. The first-order valence-electron chi connectivity index (χ1n) is 5.83. The van der Waals surface area contributed by atoms with Crippen molar-refractivity contribution in [3.63, 3.8) is 0 Å². The van der Waals surface area contributed by atoms with Gasteiger partial charge in [-0.15, -0.1) is 23.1 Å². The van der Waals surface area contributed by atoms with E-state index >= 15 is 0 Å². The first kappa shape index (κ1) is 14.5. The van der Waals surface area contributed by atoms with Gasteiger partial charge in [0.25, 0.3) is 0 Å². The van der Waals surface area contributed by atoms with Crippen LogP contribution in [-0.4, -0.2) is 11.7 Å². The highest BCUT2D eigenvalue weighted by Gasteiger charge is 2.00. The number of aliphatic hydroxyl groups excluding tert-OH is 1. The fourth-order valence-corrected chi connectivity index (χ4v) is 3.54. The van der Waals surface area contributed by atoms with Gasteiger partial charge in [-0.1, -0.05) is 29.5 Å². The molecule has 2 rings (SSSR count). The summed E-state index contributed by atoms with van der Waals surface area (Å²) in [5, 5.41) is 11.5. The van der Waals surface area contributed by atoms with Gasteiger partial charge in [0, 0.05) is 37.9 Å². The quantitative estimate of drug-likeness (QED) is 0.666. The molecule has 0 spiro atoms. The van der Waals surface area contributed by atoms with Crippen LogP contribution in [0.2, 0.25) is 5.02 Å². The molecule has 4 heteroatoms. The number of hydrogen-bond acceptors (Lipinski definition) is 3. The fraction of sp³-hybridized carbons (Fsp3) is 0.200. The minimum Gasteiger partial charge on any atom is -0.395 e. The van der Waals surface area contributed by atoms with Crippen molar-refractivity contribution in [1.82, 2.24) is 0 Å². The van der Waals surface area contributed by atoms with E-state index in [-0.39, 0.29) is 6.61 Å². The zero-order valence-corrected chi connectivity index (χ0v) is 12.6. The molecule has 1 aromatic heterocycles. The molecule has 0 aliphatic carbocycles. The first-order chi connectivity index (χ1) is 9.28. The lowest BCUT2D eigenvalue weighted by atomic mass is 10.3. The van der Waals surface area contributed by atoms with E-state index in [0.717, 1.165) is 16.3 Å². The predicted octanol–water partition coefficient (Wildman–Crippen LogP) is 4.43. The van der Waals surface area contributed by atoms with Gasteiger partial charge in [0.1, 0.15) is 0 Å². The molecule has 2 aromatic rings. The lowest BCUT2D eigenvalue weighted by molar-refractivity contribution is 0.305. The molecule has 0 bridgehead atoms. The molecule has 0 amide bonds. The maximum atomic E-state index is 8.67. The van der Waals surface area contributed by atoms with Gasteiger partial charge in [0.2, 0.25) is 0 Å². The summed E-state index contributed by atoms with van der Waals surface area (Å²) in [6.45, 7) is 0.120. The molecule has 0 saturated heterocycles. The largest absolute Gasteiger partial charge is 0.395 e. The van der Waals surface area contributed by atoms with Crippen LogP contribution in [0, 0.1) is 11.8 Å². The Morgan fingerprint density at radius 1 is 1.32 bits per heavy atom. The van der Waals surface area contributed by atoms with Crippen LogP contribution in [0.4, 0.5) is 0 Å². The highest BCUT2D eigenvalue weighted by molar-refractivity contribution is 7.98. The Bertz CT molecular complexity index is 595. The van der Waals surface area contributed by atoms with E-state index in [1.807, 2.05) is 18.2 Å². The lowest BCUT2D eigenvalue weighted by Crippen LogP contribution is -1.77. The molecule has 1 aromatic carbocycles. The normalized spacial score (nSPS) is 10.0. The van der Waals surface area contributed by atoms with E-state index in [4.69, 9.17) is 16.7 Å². The number of thioether (sulfide) groups is 1. The van der Waals surface area contributed by atoms with E-state index in [1.54, 1.807) is 23.1 Å². The Hall–Kier alpha value is -0.920. The summed E-state index contributed by atoms with van der Waals surface area (Å²) in [6, 6.07) is 9.98. The number of thiophene rings is 1. The molecule has 1 nitrogen and oxygen atoms in total. The number of halogens is 1. The third kappa shape index (κ3) is 4.93. The molecule has 0 fully saturated rings. The Labute approximate surface area is 126 Å². The molecular weight excluding hydrogens is 296 g/mol. The SMILES string of the molecule is OCCC#Cc1csc(CSc2cccc(Cl)c2)c1. The van der Waals surface area contributed by atoms with Crippen LogP contribution >= 0.6 is 34.7 Å². The average Bonchev–Trinajstić information content (AvgIpc) is 2.85. The maximum Gasteiger partial charge on any atom is 0.0540 e. The van der Waals surface area contributed by atoms with E-state index in [2.05, 4.69) is 29.4 Å². The molecule has 0 unspecified atom stereocenters. The molecule has 98 valence electrons. The highest BCUT2D eigenvalue weighted by Crippen LogP contribution is 2.27. The predicted molar refractivity (Wildman–Crippen MR) is 83.9 cm³/mol. The summed E-state index contributed by atoms with van der Waals surface area (Å²) in [5.74, 6) is 6.89. The van der Waals surface area contributed by atoms with Crippen molar-refractivity contribution in [2.24, 2.45) is 0 Å². The Balaban J connectivity index is 1.92. The molecule has 0 aliphatic rings. The van der Waals surface area contributed by atoms with Crippen LogP contribution in [0.15, 0.2) is 40.6 Å². The second-order valence-electron chi connectivity index (χ2n) is 3.82.